The molecule has 4 heterocycles. The smallest absolute Gasteiger partial charge is 0.338 e. The fraction of sp³-hybridized carbons (Fsp3) is 0.367. The van der Waals surface area contributed by atoms with Crippen LogP contribution in [0.25, 0.3) is 6.08 Å². The number of anilines is 1. The zero-order valence-corrected chi connectivity index (χ0v) is 24.3. The highest BCUT2D eigenvalue weighted by Gasteiger charge is 2.34. The fourth-order valence-corrected chi connectivity index (χ4v) is 6.68. The molecule has 0 spiro atoms. The first-order valence-corrected chi connectivity index (χ1v) is 14.7. The molecule has 1 fully saturated rings. The second-order valence-corrected chi connectivity index (χ2v) is 11.6. The van der Waals surface area contributed by atoms with Crippen LogP contribution >= 0.6 is 11.3 Å². The Labute approximate surface area is 245 Å². The minimum absolute atomic E-state index is 0.0539. The summed E-state index contributed by atoms with van der Waals surface area (Å²) >= 11 is 1.18. The number of esters is 1. The SMILES string of the molecule is CCOC(=O)C1=C(C)N=c2s/c(=C/c3cc([N+](=O)[O-])ccc3N3CCC(C)CC3)c(=O)n2[C@H]1c1ccc2c(c1)OCO2. The normalized spacial score (nSPS) is 18.6. The van der Waals surface area contributed by atoms with Crippen molar-refractivity contribution in [2.24, 2.45) is 10.9 Å². The Kier molecular flexibility index (Phi) is 7.31. The molecule has 0 amide bonds. The van der Waals surface area contributed by atoms with Gasteiger partial charge >= 0.3 is 5.97 Å². The predicted molar refractivity (Wildman–Crippen MR) is 157 cm³/mol. The molecule has 6 rings (SSSR count). The van der Waals surface area contributed by atoms with E-state index in [9.17, 15) is 19.7 Å². The number of aromatic nitrogens is 1. The molecule has 1 aromatic heterocycles. The van der Waals surface area contributed by atoms with Crippen LogP contribution in [0.1, 0.15) is 50.8 Å². The van der Waals surface area contributed by atoms with Gasteiger partial charge < -0.3 is 19.1 Å². The molecule has 1 atom stereocenters. The second-order valence-electron chi connectivity index (χ2n) is 10.6. The van der Waals surface area contributed by atoms with E-state index in [2.05, 4.69) is 16.8 Å². The van der Waals surface area contributed by atoms with Gasteiger partial charge in [-0.2, -0.15) is 0 Å². The van der Waals surface area contributed by atoms with E-state index in [1.54, 1.807) is 44.2 Å². The molecule has 0 unspecified atom stereocenters. The van der Waals surface area contributed by atoms with Gasteiger partial charge in [0.05, 0.1) is 33.4 Å². The number of non-ortho nitro benzene ring substituents is 1. The van der Waals surface area contributed by atoms with Crippen LogP contribution < -0.4 is 29.3 Å². The number of nitro groups is 1. The summed E-state index contributed by atoms with van der Waals surface area (Å²) in [6, 6.07) is 9.26. The molecule has 3 aliphatic heterocycles. The van der Waals surface area contributed by atoms with Crippen molar-refractivity contribution in [3.8, 4) is 11.5 Å². The number of nitro benzene ring substituents is 1. The first-order valence-electron chi connectivity index (χ1n) is 13.9. The van der Waals surface area contributed by atoms with Crippen molar-refractivity contribution >= 4 is 34.8 Å². The third-order valence-electron chi connectivity index (χ3n) is 7.86. The van der Waals surface area contributed by atoms with Crippen LogP contribution in [0.4, 0.5) is 11.4 Å². The second kappa shape index (κ2) is 11.1. The first kappa shape index (κ1) is 27.7. The largest absolute Gasteiger partial charge is 0.463 e. The number of hydrogen-bond acceptors (Lipinski definition) is 10. The maximum absolute atomic E-state index is 14.1. The lowest BCUT2D eigenvalue weighted by molar-refractivity contribution is -0.384. The molecule has 0 aliphatic carbocycles. The summed E-state index contributed by atoms with van der Waals surface area (Å²) < 4.78 is 18.3. The summed E-state index contributed by atoms with van der Waals surface area (Å²) in [5.74, 6) is 1.15. The number of carbonyl (C=O) groups excluding carboxylic acids is 1. The van der Waals surface area contributed by atoms with Gasteiger partial charge in [-0.05, 0) is 62.4 Å². The van der Waals surface area contributed by atoms with Crippen LogP contribution in [0, 0.1) is 16.0 Å². The zero-order valence-electron chi connectivity index (χ0n) is 23.5. The number of rotatable bonds is 6. The van der Waals surface area contributed by atoms with Crippen molar-refractivity contribution in [1.29, 1.82) is 0 Å². The van der Waals surface area contributed by atoms with Gasteiger partial charge in [0.25, 0.3) is 11.2 Å². The highest BCUT2D eigenvalue weighted by molar-refractivity contribution is 7.07. The molecule has 12 heteroatoms. The Morgan fingerprint density at radius 1 is 1.19 bits per heavy atom. The lowest BCUT2D eigenvalue weighted by Gasteiger charge is -2.33. The summed E-state index contributed by atoms with van der Waals surface area (Å²) in [4.78, 5) is 45.8. The van der Waals surface area contributed by atoms with Gasteiger partial charge in [-0.25, -0.2) is 9.79 Å². The number of fused-ring (bicyclic) bond motifs is 2. The first-order chi connectivity index (χ1) is 20.2. The number of thiazole rings is 1. The van der Waals surface area contributed by atoms with Gasteiger partial charge in [-0.15, -0.1) is 0 Å². The van der Waals surface area contributed by atoms with E-state index in [-0.39, 0.29) is 30.2 Å². The summed E-state index contributed by atoms with van der Waals surface area (Å²) in [6.07, 6.45) is 3.73. The van der Waals surface area contributed by atoms with Gasteiger partial charge in [0.15, 0.2) is 16.3 Å². The van der Waals surface area contributed by atoms with E-state index >= 15 is 0 Å². The molecule has 3 aromatic rings. The third kappa shape index (κ3) is 4.95. The van der Waals surface area contributed by atoms with E-state index in [0.29, 0.717) is 43.6 Å². The molecule has 0 bridgehead atoms. The zero-order chi connectivity index (χ0) is 29.5. The van der Waals surface area contributed by atoms with Crippen LogP contribution in [0.3, 0.4) is 0 Å². The molecule has 11 nitrogen and oxygen atoms in total. The maximum Gasteiger partial charge on any atom is 0.338 e. The van der Waals surface area contributed by atoms with Crippen molar-refractivity contribution in [2.45, 2.75) is 39.7 Å². The molecule has 0 N–H and O–H groups in total. The maximum atomic E-state index is 14.1. The van der Waals surface area contributed by atoms with Crippen LogP contribution in [0.5, 0.6) is 11.5 Å². The standard InChI is InChI=1S/C30H30N4O7S/c1-4-39-29(36)26-18(3)31-30-33(27(26)19-5-8-23-24(14-19)41-16-40-23)28(35)25(42-30)15-20-13-21(34(37)38)6-7-22(20)32-11-9-17(2)10-12-32/h5-8,13-15,17,27H,4,9-12,16H2,1-3H3/b25-15+/t27-/m0/s1. The topological polar surface area (TPSA) is 126 Å². The van der Waals surface area contributed by atoms with Crippen LogP contribution in [0.2, 0.25) is 0 Å². The van der Waals surface area contributed by atoms with Crippen molar-refractivity contribution in [3.63, 3.8) is 0 Å². The van der Waals surface area contributed by atoms with Crippen LogP contribution in [-0.2, 0) is 9.53 Å². The molecule has 1 saturated heterocycles. The minimum Gasteiger partial charge on any atom is -0.463 e. The van der Waals surface area contributed by atoms with Gasteiger partial charge in [-0.1, -0.05) is 24.3 Å². The molecule has 42 heavy (non-hydrogen) atoms. The number of allylic oxidation sites excluding steroid dienone is 1. The monoisotopic (exact) mass is 590 g/mol. The number of hydrogen-bond donors (Lipinski definition) is 0. The average Bonchev–Trinajstić information content (AvgIpc) is 3.56. The Morgan fingerprint density at radius 2 is 1.95 bits per heavy atom. The summed E-state index contributed by atoms with van der Waals surface area (Å²) in [7, 11) is 0. The van der Waals surface area contributed by atoms with Gasteiger partial charge in [0.1, 0.15) is 0 Å². The molecule has 218 valence electrons. The third-order valence-corrected chi connectivity index (χ3v) is 8.85. The van der Waals surface area contributed by atoms with Gasteiger partial charge in [0, 0.05) is 36.5 Å². The summed E-state index contributed by atoms with van der Waals surface area (Å²) in [5.41, 5.74) is 2.36. The van der Waals surface area contributed by atoms with Crippen LogP contribution in [-0.4, -0.2) is 41.9 Å². The quantitative estimate of drug-likeness (QED) is 0.242. The Balaban J connectivity index is 1.53. The molecule has 2 aromatic carbocycles. The van der Waals surface area contributed by atoms with E-state index in [0.717, 1.165) is 31.6 Å². The van der Waals surface area contributed by atoms with E-state index in [4.69, 9.17) is 14.2 Å². The molecule has 0 radical (unpaired) electrons. The Morgan fingerprint density at radius 3 is 2.69 bits per heavy atom. The number of piperidine rings is 1. The lowest BCUT2D eigenvalue weighted by Crippen LogP contribution is -2.40. The Hall–Kier alpha value is -4.45. The highest BCUT2D eigenvalue weighted by Crippen LogP contribution is 2.38. The summed E-state index contributed by atoms with van der Waals surface area (Å²) in [5, 5.41) is 11.7. The van der Waals surface area contributed by atoms with Gasteiger partial charge in [0.2, 0.25) is 6.79 Å². The fourth-order valence-electron chi connectivity index (χ4n) is 5.64. The molecular weight excluding hydrogens is 560 g/mol. The van der Waals surface area contributed by atoms with Crippen molar-refractivity contribution in [1.82, 2.24) is 4.57 Å². The highest BCUT2D eigenvalue weighted by atomic mass is 32.1. The van der Waals surface area contributed by atoms with Crippen molar-refractivity contribution in [2.75, 3.05) is 31.4 Å². The number of carbonyl (C=O) groups is 1. The Bertz CT molecular complexity index is 1800. The van der Waals surface area contributed by atoms with Crippen molar-refractivity contribution < 1.29 is 23.9 Å². The van der Waals surface area contributed by atoms with Gasteiger partial charge in [-0.3, -0.25) is 19.5 Å². The molecular formula is C30H30N4O7S. The average molecular weight is 591 g/mol. The minimum atomic E-state index is -0.815. The number of ether oxygens (including phenoxy) is 3. The molecule has 3 aliphatic rings. The molecule has 0 saturated carbocycles. The van der Waals surface area contributed by atoms with E-state index in [1.807, 2.05) is 0 Å². The summed E-state index contributed by atoms with van der Waals surface area (Å²) in [6.45, 7) is 7.57. The van der Waals surface area contributed by atoms with Crippen LogP contribution in [0.15, 0.2) is 57.5 Å². The van der Waals surface area contributed by atoms with E-state index < -0.39 is 16.9 Å². The van der Waals surface area contributed by atoms with E-state index in [1.165, 1.54) is 28.0 Å². The lowest BCUT2D eigenvalue weighted by atomic mass is 9.95. The number of nitrogens with zero attached hydrogens (tertiary/aromatic N) is 4. The number of benzene rings is 2. The predicted octanol–water partition coefficient (Wildman–Crippen LogP) is 3.67. The van der Waals surface area contributed by atoms with Crippen molar-refractivity contribution in [3.05, 3.63) is 88.6 Å².